The van der Waals surface area contributed by atoms with Gasteiger partial charge in [-0.05, 0) is 37.8 Å². The van der Waals surface area contributed by atoms with Crippen LogP contribution in [0, 0.1) is 11.6 Å². The minimum Gasteiger partial charge on any atom is -0.460 e. The number of carbonyl (C=O) groups excluding carboxylic acids is 1. The number of halogens is 2. The van der Waals surface area contributed by atoms with Crippen molar-refractivity contribution < 1.29 is 18.3 Å². The molecule has 126 valence electrons. The summed E-state index contributed by atoms with van der Waals surface area (Å²) in [6.07, 6.45) is 4.90. The third kappa shape index (κ3) is 4.04. The Bertz CT molecular complexity index is 701. The number of rotatable bonds is 4. The maximum absolute atomic E-state index is 13.6. The summed E-state index contributed by atoms with van der Waals surface area (Å²) in [5.41, 5.74) is 0.0515. The summed E-state index contributed by atoms with van der Waals surface area (Å²) < 4.78 is 32.0. The van der Waals surface area contributed by atoms with Crippen LogP contribution in [-0.2, 0) is 0 Å². The van der Waals surface area contributed by atoms with Crippen LogP contribution in [-0.4, -0.2) is 28.0 Å². The second-order valence-electron chi connectivity index (χ2n) is 5.73. The third-order valence-electron chi connectivity index (χ3n) is 4.00. The normalized spacial score (nSPS) is 20.4. The molecule has 0 spiro atoms. The van der Waals surface area contributed by atoms with Crippen molar-refractivity contribution in [1.82, 2.24) is 15.3 Å². The summed E-state index contributed by atoms with van der Waals surface area (Å²) in [6, 6.07) is 6.03. The van der Waals surface area contributed by atoms with Gasteiger partial charge in [0.2, 0.25) is 0 Å². The van der Waals surface area contributed by atoms with Gasteiger partial charge in [0.15, 0.2) is 5.82 Å². The highest BCUT2D eigenvalue weighted by atomic mass is 19.1. The van der Waals surface area contributed by atoms with E-state index in [9.17, 15) is 13.6 Å². The van der Waals surface area contributed by atoms with E-state index in [-0.39, 0.29) is 23.7 Å². The van der Waals surface area contributed by atoms with Gasteiger partial charge in [-0.15, -0.1) is 0 Å². The molecule has 1 N–H and O–H groups in total. The number of ether oxygens (including phenoxy) is 1. The lowest BCUT2D eigenvalue weighted by atomic mass is 9.92. The Morgan fingerprint density at radius 1 is 1.08 bits per heavy atom. The number of amides is 1. The van der Waals surface area contributed by atoms with Gasteiger partial charge in [0.25, 0.3) is 5.91 Å². The zero-order valence-electron chi connectivity index (χ0n) is 12.9. The fourth-order valence-electron chi connectivity index (χ4n) is 2.74. The van der Waals surface area contributed by atoms with E-state index in [1.165, 1.54) is 12.1 Å². The Morgan fingerprint density at radius 2 is 1.75 bits per heavy atom. The van der Waals surface area contributed by atoms with E-state index in [0.29, 0.717) is 25.7 Å². The maximum Gasteiger partial charge on any atom is 0.316 e. The monoisotopic (exact) mass is 333 g/mol. The number of benzene rings is 1. The second-order valence-corrected chi connectivity index (χ2v) is 5.73. The fourth-order valence-corrected chi connectivity index (χ4v) is 2.74. The summed E-state index contributed by atoms with van der Waals surface area (Å²) in [5.74, 6) is -1.44. The van der Waals surface area contributed by atoms with Gasteiger partial charge in [0.05, 0.1) is 18.0 Å². The van der Waals surface area contributed by atoms with Crippen molar-refractivity contribution in [3.8, 4) is 6.01 Å². The minimum absolute atomic E-state index is 0.0221. The molecule has 0 unspecified atom stereocenters. The van der Waals surface area contributed by atoms with Crippen molar-refractivity contribution in [2.75, 3.05) is 0 Å². The topological polar surface area (TPSA) is 64.1 Å². The van der Waals surface area contributed by atoms with Gasteiger partial charge in [0.1, 0.15) is 11.9 Å². The molecule has 0 atom stereocenters. The van der Waals surface area contributed by atoms with Crippen LogP contribution in [0.3, 0.4) is 0 Å². The van der Waals surface area contributed by atoms with Crippen molar-refractivity contribution in [1.29, 1.82) is 0 Å². The summed E-state index contributed by atoms with van der Waals surface area (Å²) in [6.45, 7) is 0. The van der Waals surface area contributed by atoms with Gasteiger partial charge in [-0.25, -0.2) is 18.7 Å². The first-order valence-electron chi connectivity index (χ1n) is 7.81. The van der Waals surface area contributed by atoms with Crippen molar-refractivity contribution in [2.45, 2.75) is 37.8 Å². The van der Waals surface area contributed by atoms with Crippen molar-refractivity contribution in [3.63, 3.8) is 0 Å². The van der Waals surface area contributed by atoms with Crippen LogP contribution in [0.1, 0.15) is 36.0 Å². The van der Waals surface area contributed by atoms with Crippen LogP contribution in [0.5, 0.6) is 6.01 Å². The molecule has 1 heterocycles. The summed E-state index contributed by atoms with van der Waals surface area (Å²) >= 11 is 0. The lowest BCUT2D eigenvalue weighted by Crippen LogP contribution is -2.40. The second kappa shape index (κ2) is 7.33. The molecule has 1 aromatic heterocycles. The average molecular weight is 333 g/mol. The molecule has 7 heteroatoms. The lowest BCUT2D eigenvalue weighted by molar-refractivity contribution is 0.0881. The quantitative estimate of drug-likeness (QED) is 0.934. The van der Waals surface area contributed by atoms with Crippen molar-refractivity contribution in [2.24, 2.45) is 0 Å². The summed E-state index contributed by atoms with van der Waals surface area (Å²) in [7, 11) is 0. The summed E-state index contributed by atoms with van der Waals surface area (Å²) in [5, 5.41) is 2.85. The molecule has 1 aliphatic rings. The van der Waals surface area contributed by atoms with E-state index in [0.717, 1.165) is 12.4 Å². The molecule has 5 nitrogen and oxygen atoms in total. The lowest BCUT2D eigenvalue weighted by Gasteiger charge is -2.28. The SMILES string of the molecule is O=C(NC1CCC(Oc2ncc(F)cn2)CC1)c1ccccc1F. The predicted octanol–water partition coefficient (Wildman–Crippen LogP) is 2.87. The highest BCUT2D eigenvalue weighted by molar-refractivity contribution is 5.94. The van der Waals surface area contributed by atoms with Crippen LogP contribution in [0.4, 0.5) is 8.78 Å². The number of nitrogens with one attached hydrogen (secondary N) is 1. The molecule has 1 aromatic carbocycles. The van der Waals surface area contributed by atoms with Gasteiger partial charge in [-0.1, -0.05) is 12.1 Å². The smallest absolute Gasteiger partial charge is 0.316 e. The Balaban J connectivity index is 1.49. The van der Waals surface area contributed by atoms with Gasteiger partial charge < -0.3 is 10.1 Å². The number of nitrogens with zero attached hydrogens (tertiary/aromatic N) is 2. The molecule has 1 amide bonds. The van der Waals surface area contributed by atoms with E-state index in [1.54, 1.807) is 12.1 Å². The van der Waals surface area contributed by atoms with Crippen LogP contribution in [0.2, 0.25) is 0 Å². The maximum atomic E-state index is 13.6. The van der Waals surface area contributed by atoms with Crippen LogP contribution in [0.15, 0.2) is 36.7 Å². The van der Waals surface area contributed by atoms with Crippen molar-refractivity contribution in [3.05, 3.63) is 53.9 Å². The Labute approximate surface area is 138 Å². The van der Waals surface area contributed by atoms with Gasteiger partial charge in [-0.2, -0.15) is 0 Å². The molecule has 24 heavy (non-hydrogen) atoms. The van der Waals surface area contributed by atoms with Crippen molar-refractivity contribution >= 4 is 5.91 Å². The number of hydrogen-bond donors (Lipinski definition) is 1. The molecule has 3 rings (SSSR count). The molecular weight excluding hydrogens is 316 g/mol. The van der Waals surface area contributed by atoms with Gasteiger partial charge in [-0.3, -0.25) is 4.79 Å². The van der Waals surface area contributed by atoms with Crippen LogP contribution >= 0.6 is 0 Å². The van der Waals surface area contributed by atoms with E-state index >= 15 is 0 Å². The highest BCUT2D eigenvalue weighted by Gasteiger charge is 2.25. The molecule has 0 bridgehead atoms. The minimum atomic E-state index is -0.527. The van der Waals surface area contributed by atoms with Gasteiger partial charge >= 0.3 is 6.01 Å². The van der Waals surface area contributed by atoms with E-state index in [4.69, 9.17) is 4.74 Å². The molecule has 1 aliphatic carbocycles. The molecule has 1 fully saturated rings. The van der Waals surface area contributed by atoms with Crippen LogP contribution in [0.25, 0.3) is 0 Å². The van der Waals surface area contributed by atoms with E-state index in [1.807, 2.05) is 0 Å². The standard InChI is InChI=1S/C17H17F2N3O2/c18-11-9-20-17(21-10-11)24-13-7-5-12(6-8-13)22-16(23)14-3-1-2-4-15(14)19/h1-4,9-10,12-13H,5-8H2,(H,22,23). The van der Waals surface area contributed by atoms with Gasteiger partial charge in [0, 0.05) is 6.04 Å². The van der Waals surface area contributed by atoms with E-state index < -0.39 is 17.5 Å². The molecule has 0 radical (unpaired) electrons. The highest BCUT2D eigenvalue weighted by Crippen LogP contribution is 2.22. The number of hydrogen-bond acceptors (Lipinski definition) is 4. The number of carbonyl (C=O) groups is 1. The summed E-state index contributed by atoms with van der Waals surface area (Å²) in [4.78, 5) is 19.6. The third-order valence-corrected chi connectivity index (χ3v) is 4.00. The molecule has 0 saturated heterocycles. The fraction of sp³-hybridized carbons (Fsp3) is 0.353. The molecule has 2 aromatic rings. The molecular formula is C17H17F2N3O2. The number of aromatic nitrogens is 2. The van der Waals surface area contributed by atoms with E-state index in [2.05, 4.69) is 15.3 Å². The van der Waals surface area contributed by atoms with Crippen LogP contribution < -0.4 is 10.1 Å². The Kier molecular flexibility index (Phi) is 4.98. The Hall–Kier alpha value is -2.57. The first-order valence-corrected chi connectivity index (χ1v) is 7.81. The predicted molar refractivity (Wildman–Crippen MR) is 82.5 cm³/mol. The average Bonchev–Trinajstić information content (AvgIpc) is 2.59. The largest absolute Gasteiger partial charge is 0.460 e. The zero-order valence-corrected chi connectivity index (χ0v) is 12.9. The zero-order chi connectivity index (χ0) is 16.9. The first kappa shape index (κ1) is 16.3. The Morgan fingerprint density at radius 3 is 2.42 bits per heavy atom. The molecule has 1 saturated carbocycles. The first-order chi connectivity index (χ1) is 11.6. The molecule has 0 aliphatic heterocycles.